The van der Waals surface area contributed by atoms with Gasteiger partial charge in [-0.1, -0.05) is 30.3 Å². The maximum absolute atomic E-state index is 12.0. The van der Waals surface area contributed by atoms with Crippen LogP contribution >= 0.6 is 0 Å². The second kappa shape index (κ2) is 11.7. The van der Waals surface area contributed by atoms with Gasteiger partial charge < -0.3 is 25.0 Å². The van der Waals surface area contributed by atoms with E-state index in [4.69, 9.17) is 9.47 Å². The van der Waals surface area contributed by atoms with Gasteiger partial charge in [0, 0.05) is 26.2 Å². The van der Waals surface area contributed by atoms with Crippen molar-refractivity contribution in [2.75, 3.05) is 41.4 Å². The third-order valence-corrected chi connectivity index (χ3v) is 4.68. The first kappa shape index (κ1) is 23.1. The summed E-state index contributed by atoms with van der Waals surface area (Å²) in [5.74, 6) is 2.01. The molecular weight excluding hydrogens is 380 g/mol. The van der Waals surface area contributed by atoms with Gasteiger partial charge in [-0.3, -0.25) is 4.79 Å². The maximum Gasteiger partial charge on any atom is 0.243 e. The molecule has 1 unspecified atom stereocenters. The number of hydrogen-bond acceptors (Lipinski definition) is 4. The highest BCUT2D eigenvalue weighted by molar-refractivity contribution is 5.85. The standard InChI is InChI=1S/C23H32N4O3/c1-17(20-15-19(29-4)11-12-21(20)30-5)26-23(25-16-22(28)27(2)3)24-14-13-18-9-7-6-8-10-18/h6-12,15,17H,13-14,16H2,1-5H3,(H2,24,25,26). The van der Waals surface area contributed by atoms with Gasteiger partial charge in [-0.05, 0) is 37.1 Å². The Morgan fingerprint density at radius 1 is 1.10 bits per heavy atom. The minimum absolute atomic E-state index is 0.0641. The van der Waals surface area contributed by atoms with Gasteiger partial charge in [0.1, 0.15) is 18.0 Å². The Kier molecular flexibility index (Phi) is 9.00. The van der Waals surface area contributed by atoms with Gasteiger partial charge >= 0.3 is 0 Å². The third kappa shape index (κ3) is 6.99. The fraction of sp³-hybridized carbons (Fsp3) is 0.391. The Labute approximate surface area is 179 Å². The largest absolute Gasteiger partial charge is 0.497 e. The van der Waals surface area contributed by atoms with E-state index in [0.717, 1.165) is 23.5 Å². The summed E-state index contributed by atoms with van der Waals surface area (Å²) in [6, 6.07) is 15.8. The smallest absolute Gasteiger partial charge is 0.243 e. The van der Waals surface area contributed by atoms with Gasteiger partial charge in [0.05, 0.1) is 20.3 Å². The van der Waals surface area contributed by atoms with Crippen molar-refractivity contribution in [3.8, 4) is 11.5 Å². The van der Waals surface area contributed by atoms with E-state index in [-0.39, 0.29) is 18.5 Å². The number of methoxy groups -OCH3 is 2. The van der Waals surface area contributed by atoms with E-state index in [9.17, 15) is 4.79 Å². The summed E-state index contributed by atoms with van der Waals surface area (Å²) in [6.45, 7) is 2.77. The highest BCUT2D eigenvalue weighted by Gasteiger charge is 2.15. The van der Waals surface area contributed by atoms with Crippen molar-refractivity contribution in [1.82, 2.24) is 15.5 Å². The van der Waals surface area contributed by atoms with Crippen LogP contribution < -0.4 is 20.1 Å². The van der Waals surface area contributed by atoms with Crippen LogP contribution in [0.2, 0.25) is 0 Å². The Hall–Kier alpha value is -3.22. The first-order valence-corrected chi connectivity index (χ1v) is 9.95. The predicted octanol–water partition coefficient (Wildman–Crippen LogP) is 2.63. The van der Waals surface area contributed by atoms with Crippen LogP contribution in [-0.2, 0) is 11.2 Å². The molecule has 0 radical (unpaired) electrons. The minimum atomic E-state index is -0.118. The number of rotatable bonds is 9. The first-order chi connectivity index (χ1) is 14.4. The summed E-state index contributed by atoms with van der Waals surface area (Å²) in [5, 5.41) is 6.70. The predicted molar refractivity (Wildman–Crippen MR) is 120 cm³/mol. The van der Waals surface area contributed by atoms with Crippen LogP contribution in [0.1, 0.15) is 24.1 Å². The summed E-state index contributed by atoms with van der Waals surface area (Å²) in [5.41, 5.74) is 2.17. The van der Waals surface area contributed by atoms with Crippen LogP contribution in [-0.4, -0.2) is 58.2 Å². The normalized spacial score (nSPS) is 12.1. The highest BCUT2D eigenvalue weighted by atomic mass is 16.5. The fourth-order valence-corrected chi connectivity index (χ4v) is 2.87. The second-order valence-electron chi connectivity index (χ2n) is 7.09. The number of amides is 1. The average Bonchev–Trinajstić information content (AvgIpc) is 2.77. The molecule has 2 rings (SSSR count). The number of nitrogens with zero attached hydrogens (tertiary/aromatic N) is 2. The number of carbonyl (C=O) groups excluding carboxylic acids is 1. The summed E-state index contributed by atoms with van der Waals surface area (Å²) in [6.07, 6.45) is 0.847. The molecule has 0 spiro atoms. The minimum Gasteiger partial charge on any atom is -0.497 e. The number of guanidine groups is 1. The molecule has 2 N–H and O–H groups in total. The van der Waals surface area contributed by atoms with Crippen LogP contribution in [0.25, 0.3) is 0 Å². The summed E-state index contributed by atoms with van der Waals surface area (Å²) in [7, 11) is 6.71. The number of hydrogen-bond donors (Lipinski definition) is 2. The van der Waals surface area contributed by atoms with E-state index < -0.39 is 0 Å². The molecule has 1 atom stereocenters. The molecule has 0 saturated heterocycles. The van der Waals surface area contributed by atoms with Gasteiger partial charge in [-0.15, -0.1) is 0 Å². The van der Waals surface area contributed by atoms with E-state index in [0.29, 0.717) is 12.5 Å². The molecule has 0 heterocycles. The van der Waals surface area contributed by atoms with Crippen LogP contribution in [0, 0.1) is 0 Å². The SMILES string of the molecule is COc1ccc(OC)c(C(C)NC(=NCC(=O)N(C)C)NCCc2ccccc2)c1. The zero-order valence-electron chi connectivity index (χ0n) is 18.4. The zero-order valence-corrected chi connectivity index (χ0v) is 18.4. The summed E-state index contributed by atoms with van der Waals surface area (Å²) >= 11 is 0. The molecule has 30 heavy (non-hydrogen) atoms. The Bertz CT molecular complexity index is 838. The maximum atomic E-state index is 12.0. The van der Waals surface area contributed by atoms with E-state index in [2.05, 4.69) is 27.8 Å². The lowest BCUT2D eigenvalue weighted by atomic mass is 10.1. The molecule has 2 aromatic rings. The van der Waals surface area contributed by atoms with Crippen molar-refractivity contribution in [1.29, 1.82) is 0 Å². The Morgan fingerprint density at radius 3 is 2.47 bits per heavy atom. The molecule has 7 heteroatoms. The van der Waals surface area contributed by atoms with Gasteiger partial charge in [0.2, 0.25) is 5.91 Å². The molecule has 2 aromatic carbocycles. The molecule has 0 aromatic heterocycles. The first-order valence-electron chi connectivity index (χ1n) is 9.95. The van der Waals surface area contributed by atoms with Crippen LogP contribution in [0.15, 0.2) is 53.5 Å². The van der Waals surface area contributed by atoms with Crippen molar-refractivity contribution in [3.63, 3.8) is 0 Å². The lowest BCUT2D eigenvalue weighted by Crippen LogP contribution is -2.40. The summed E-state index contributed by atoms with van der Waals surface area (Å²) < 4.78 is 10.8. The zero-order chi connectivity index (χ0) is 21.9. The average molecular weight is 413 g/mol. The van der Waals surface area contributed by atoms with Crippen LogP contribution in [0.4, 0.5) is 0 Å². The van der Waals surface area contributed by atoms with E-state index in [1.807, 2.05) is 43.3 Å². The van der Waals surface area contributed by atoms with Gasteiger partial charge in [0.25, 0.3) is 0 Å². The van der Waals surface area contributed by atoms with Gasteiger partial charge in [-0.2, -0.15) is 0 Å². The van der Waals surface area contributed by atoms with Crippen molar-refractivity contribution in [2.24, 2.45) is 4.99 Å². The molecular formula is C23H32N4O3. The molecule has 1 amide bonds. The summed E-state index contributed by atoms with van der Waals surface area (Å²) in [4.78, 5) is 18.0. The van der Waals surface area contributed by atoms with Crippen molar-refractivity contribution >= 4 is 11.9 Å². The molecule has 162 valence electrons. The van der Waals surface area contributed by atoms with E-state index >= 15 is 0 Å². The third-order valence-electron chi connectivity index (χ3n) is 4.68. The van der Waals surface area contributed by atoms with Crippen molar-refractivity contribution in [3.05, 3.63) is 59.7 Å². The topological polar surface area (TPSA) is 75.2 Å². The number of carbonyl (C=O) groups is 1. The van der Waals surface area contributed by atoms with Gasteiger partial charge in [-0.25, -0.2) is 4.99 Å². The molecule has 0 aliphatic heterocycles. The monoisotopic (exact) mass is 412 g/mol. The number of ether oxygens (including phenoxy) is 2. The highest BCUT2D eigenvalue weighted by Crippen LogP contribution is 2.29. The lowest BCUT2D eigenvalue weighted by molar-refractivity contribution is -0.127. The Balaban J connectivity index is 2.12. The molecule has 0 aliphatic carbocycles. The lowest BCUT2D eigenvalue weighted by Gasteiger charge is -2.21. The molecule has 0 aliphatic rings. The van der Waals surface area contributed by atoms with Crippen LogP contribution in [0.3, 0.4) is 0 Å². The molecule has 7 nitrogen and oxygen atoms in total. The van der Waals surface area contributed by atoms with Gasteiger partial charge in [0.15, 0.2) is 5.96 Å². The van der Waals surface area contributed by atoms with E-state index in [1.165, 1.54) is 10.5 Å². The number of nitrogens with one attached hydrogen (secondary N) is 2. The second-order valence-corrected chi connectivity index (χ2v) is 7.09. The van der Waals surface area contributed by atoms with Crippen LogP contribution in [0.5, 0.6) is 11.5 Å². The number of likely N-dealkylation sites (N-methyl/N-ethyl adjacent to an activating group) is 1. The quantitative estimate of drug-likeness (QED) is 0.489. The Morgan fingerprint density at radius 2 is 1.83 bits per heavy atom. The van der Waals surface area contributed by atoms with Crippen molar-refractivity contribution < 1.29 is 14.3 Å². The fourth-order valence-electron chi connectivity index (χ4n) is 2.87. The van der Waals surface area contributed by atoms with E-state index in [1.54, 1.807) is 28.3 Å². The van der Waals surface area contributed by atoms with Crippen molar-refractivity contribution in [2.45, 2.75) is 19.4 Å². The molecule has 0 saturated carbocycles. The number of aliphatic imine (C=N–C) groups is 1. The molecule has 0 fully saturated rings. The number of benzene rings is 2. The molecule has 0 bridgehead atoms.